The van der Waals surface area contributed by atoms with Gasteiger partial charge in [0.05, 0.1) is 26.4 Å². The minimum Gasteiger partial charge on any atom is -0.465 e. The lowest BCUT2D eigenvalue weighted by molar-refractivity contribution is -0.195. The van der Waals surface area contributed by atoms with E-state index >= 15 is 0 Å². The Balaban J connectivity index is 2.07. The molecule has 2 aliphatic heterocycles. The van der Waals surface area contributed by atoms with Crippen molar-refractivity contribution in [2.75, 3.05) is 37.1 Å². The summed E-state index contributed by atoms with van der Waals surface area (Å²) in [7, 11) is 0. The Bertz CT molecular complexity index is 710. The van der Waals surface area contributed by atoms with Gasteiger partial charge >= 0.3 is 11.9 Å². The minimum absolute atomic E-state index is 0.00817. The lowest BCUT2D eigenvalue weighted by Gasteiger charge is -2.53. The Morgan fingerprint density at radius 2 is 1.63 bits per heavy atom. The van der Waals surface area contributed by atoms with Crippen LogP contribution in [0.15, 0.2) is 24.3 Å². The van der Waals surface area contributed by atoms with Gasteiger partial charge in [0.2, 0.25) is 0 Å². The van der Waals surface area contributed by atoms with Crippen molar-refractivity contribution in [3.63, 3.8) is 0 Å². The van der Waals surface area contributed by atoms with E-state index in [4.69, 9.17) is 24.7 Å². The molecule has 9 nitrogen and oxygen atoms in total. The van der Waals surface area contributed by atoms with E-state index < -0.39 is 35.6 Å². The van der Waals surface area contributed by atoms with Crippen LogP contribution in [0.5, 0.6) is 0 Å². The number of anilines is 2. The second kappa shape index (κ2) is 7.53. The van der Waals surface area contributed by atoms with Crippen molar-refractivity contribution in [1.29, 1.82) is 0 Å². The molecule has 0 radical (unpaired) electrons. The fourth-order valence-electron chi connectivity index (χ4n) is 3.36. The van der Waals surface area contributed by atoms with Crippen LogP contribution in [0.4, 0.5) is 11.4 Å². The topological polar surface area (TPSA) is 117 Å². The van der Waals surface area contributed by atoms with E-state index in [-0.39, 0.29) is 26.4 Å². The number of β-lactam (4-membered cyclic amide) rings is 1. The number of carbonyl (C=O) groups is 3. The summed E-state index contributed by atoms with van der Waals surface area (Å²) in [6.45, 7) is 3.77. The molecular weight excluding hydrogens is 356 g/mol. The van der Waals surface area contributed by atoms with Crippen LogP contribution in [-0.2, 0) is 33.3 Å². The molecule has 27 heavy (non-hydrogen) atoms. The highest BCUT2D eigenvalue weighted by molar-refractivity contribution is 6.30. The molecule has 2 saturated heterocycles. The van der Waals surface area contributed by atoms with E-state index in [0.717, 1.165) is 0 Å². The van der Waals surface area contributed by atoms with Crippen molar-refractivity contribution in [3.8, 4) is 0 Å². The van der Waals surface area contributed by atoms with Crippen LogP contribution >= 0.6 is 0 Å². The normalized spacial score (nSPS) is 21.6. The molecule has 1 aromatic rings. The van der Waals surface area contributed by atoms with Crippen molar-refractivity contribution in [2.24, 2.45) is 5.41 Å². The van der Waals surface area contributed by atoms with E-state index in [0.29, 0.717) is 11.4 Å². The number of rotatable bonds is 6. The van der Waals surface area contributed by atoms with Crippen LogP contribution in [0.2, 0.25) is 0 Å². The lowest BCUT2D eigenvalue weighted by Crippen LogP contribution is -2.79. The second-order valence-corrected chi connectivity index (χ2v) is 6.07. The van der Waals surface area contributed by atoms with Crippen LogP contribution < -0.4 is 10.6 Å². The van der Waals surface area contributed by atoms with Crippen LogP contribution in [0.3, 0.4) is 0 Å². The van der Waals surface area contributed by atoms with E-state index in [1.165, 1.54) is 4.90 Å². The molecule has 0 aromatic heterocycles. The monoisotopic (exact) mass is 378 g/mol. The predicted molar refractivity (Wildman–Crippen MR) is 93.5 cm³/mol. The van der Waals surface area contributed by atoms with Gasteiger partial charge in [-0.2, -0.15) is 0 Å². The second-order valence-electron chi connectivity index (χ2n) is 6.07. The first-order chi connectivity index (χ1) is 13.0. The number of esters is 2. The molecule has 2 N–H and O–H groups in total. The molecule has 2 aliphatic rings. The summed E-state index contributed by atoms with van der Waals surface area (Å²) in [5.41, 5.74) is 4.51. The molecule has 1 aromatic carbocycles. The summed E-state index contributed by atoms with van der Waals surface area (Å²) in [6, 6.07) is 5.43. The molecule has 1 unspecified atom stereocenters. The van der Waals surface area contributed by atoms with Gasteiger partial charge in [-0.25, -0.2) is 0 Å². The third-order valence-corrected chi connectivity index (χ3v) is 4.55. The lowest BCUT2D eigenvalue weighted by atomic mass is 9.69. The minimum atomic E-state index is -2.16. The van der Waals surface area contributed by atoms with Crippen molar-refractivity contribution in [2.45, 2.75) is 26.2 Å². The molecule has 2 heterocycles. The first kappa shape index (κ1) is 19.1. The summed E-state index contributed by atoms with van der Waals surface area (Å²) in [5, 5.41) is 0. The predicted octanol–water partition coefficient (Wildman–Crippen LogP) is 0.469. The molecule has 1 atom stereocenters. The van der Waals surface area contributed by atoms with Gasteiger partial charge < -0.3 is 29.6 Å². The number of carbonyl (C=O) groups excluding carboxylic acids is 3. The highest BCUT2D eigenvalue weighted by Crippen LogP contribution is 2.47. The number of amides is 1. The molecule has 9 heteroatoms. The third kappa shape index (κ3) is 2.92. The maximum absolute atomic E-state index is 13.2. The van der Waals surface area contributed by atoms with E-state index in [2.05, 4.69) is 0 Å². The van der Waals surface area contributed by atoms with Gasteiger partial charge in [-0.1, -0.05) is 0 Å². The first-order valence-electron chi connectivity index (χ1n) is 8.75. The molecule has 3 rings (SSSR count). The van der Waals surface area contributed by atoms with E-state index in [1.54, 1.807) is 38.1 Å². The highest BCUT2D eigenvalue weighted by Gasteiger charge is 2.76. The average molecular weight is 378 g/mol. The highest BCUT2D eigenvalue weighted by atomic mass is 16.7. The first-order valence-corrected chi connectivity index (χ1v) is 8.75. The van der Waals surface area contributed by atoms with Crippen molar-refractivity contribution in [3.05, 3.63) is 24.3 Å². The van der Waals surface area contributed by atoms with E-state index in [9.17, 15) is 14.4 Å². The number of nitrogens with zero attached hydrogens (tertiary/aromatic N) is 1. The zero-order valence-corrected chi connectivity index (χ0v) is 15.2. The van der Waals surface area contributed by atoms with Crippen LogP contribution in [0, 0.1) is 5.41 Å². The van der Waals surface area contributed by atoms with Crippen LogP contribution in [-0.4, -0.2) is 56.6 Å². The molecular formula is C18H22N2O7. The zero-order chi connectivity index (χ0) is 19.6. The third-order valence-electron chi connectivity index (χ3n) is 4.55. The Morgan fingerprint density at radius 3 is 2.11 bits per heavy atom. The van der Waals surface area contributed by atoms with Crippen molar-refractivity contribution in [1.82, 2.24) is 0 Å². The maximum atomic E-state index is 13.2. The fourth-order valence-corrected chi connectivity index (χ4v) is 3.36. The molecule has 2 fully saturated rings. The Morgan fingerprint density at radius 1 is 1.11 bits per heavy atom. The number of hydrogen-bond donors (Lipinski definition) is 1. The Kier molecular flexibility index (Phi) is 5.33. The smallest absolute Gasteiger partial charge is 0.335 e. The molecule has 146 valence electrons. The summed E-state index contributed by atoms with van der Waals surface area (Å²) in [5.74, 6) is -2.68. The average Bonchev–Trinajstić information content (AvgIpc) is 3.15. The SMILES string of the molecule is CCOC(=O)C1(C(=O)OCC)C(=O)N(c2ccc(N)cc2)C1C1OCCO1. The molecule has 0 saturated carbocycles. The van der Waals surface area contributed by atoms with Crippen molar-refractivity contribution < 1.29 is 33.3 Å². The summed E-state index contributed by atoms with van der Waals surface area (Å²) >= 11 is 0. The number of ether oxygens (including phenoxy) is 4. The number of nitrogen functional groups attached to an aromatic ring is 1. The summed E-state index contributed by atoms with van der Waals surface area (Å²) in [4.78, 5) is 40.0. The summed E-state index contributed by atoms with van der Waals surface area (Å²) in [6.07, 6.45) is -0.964. The Labute approximate surface area is 156 Å². The Hall–Kier alpha value is -2.65. The van der Waals surface area contributed by atoms with Crippen LogP contribution in [0.1, 0.15) is 13.8 Å². The number of nitrogens with two attached hydrogens (primary N) is 1. The van der Waals surface area contributed by atoms with Gasteiger partial charge in [-0.3, -0.25) is 14.4 Å². The van der Waals surface area contributed by atoms with Crippen molar-refractivity contribution >= 4 is 29.2 Å². The van der Waals surface area contributed by atoms with Gasteiger partial charge in [-0.05, 0) is 38.1 Å². The maximum Gasteiger partial charge on any atom is 0.335 e. The molecule has 1 amide bonds. The fraction of sp³-hybridized carbons (Fsp3) is 0.500. The standard InChI is InChI=1S/C18H22N2O7/c1-3-24-16(22)18(17(23)25-4-2)13(14-26-9-10-27-14)20(15(18)21)12-7-5-11(19)6-8-12/h5-8,13-14H,3-4,9-10,19H2,1-2H3. The number of benzene rings is 1. The summed E-state index contributed by atoms with van der Waals surface area (Å²) < 4.78 is 21.2. The van der Waals surface area contributed by atoms with Gasteiger partial charge in [0.1, 0.15) is 6.04 Å². The van der Waals surface area contributed by atoms with Gasteiger partial charge in [0.15, 0.2) is 6.29 Å². The largest absolute Gasteiger partial charge is 0.465 e. The molecule has 0 aliphatic carbocycles. The zero-order valence-electron chi connectivity index (χ0n) is 15.2. The van der Waals surface area contributed by atoms with Gasteiger partial charge in [0, 0.05) is 11.4 Å². The van der Waals surface area contributed by atoms with Gasteiger partial charge in [-0.15, -0.1) is 0 Å². The van der Waals surface area contributed by atoms with Gasteiger partial charge in [0.25, 0.3) is 11.3 Å². The molecule has 0 bridgehead atoms. The van der Waals surface area contributed by atoms with Crippen LogP contribution in [0.25, 0.3) is 0 Å². The van der Waals surface area contributed by atoms with E-state index in [1.807, 2.05) is 0 Å². The quantitative estimate of drug-likeness (QED) is 0.329. The molecule has 0 spiro atoms. The number of hydrogen-bond acceptors (Lipinski definition) is 8.